The SMILES string of the molecule is Cc1ccc(Nc2cccc([C@]3(C)CC(=O)N(C4CCOCC4)C(=N)N3)c2Cl)c(OC(F)F)n1. The predicted octanol–water partition coefficient (Wildman–Crippen LogP) is 4.54. The largest absolute Gasteiger partial charge is 0.415 e. The molecule has 0 radical (unpaired) electrons. The van der Waals surface area contributed by atoms with Gasteiger partial charge in [-0.15, -0.1) is 0 Å². The van der Waals surface area contributed by atoms with E-state index in [9.17, 15) is 13.6 Å². The molecule has 3 N–H and O–H groups in total. The van der Waals surface area contributed by atoms with Gasteiger partial charge < -0.3 is 20.1 Å². The molecule has 11 heteroatoms. The van der Waals surface area contributed by atoms with Crippen molar-refractivity contribution in [2.24, 2.45) is 0 Å². The monoisotopic (exact) mass is 493 g/mol. The molecule has 2 saturated heterocycles. The summed E-state index contributed by atoms with van der Waals surface area (Å²) in [4.78, 5) is 18.6. The average molecular weight is 494 g/mol. The smallest absolute Gasteiger partial charge is 0.388 e. The molecule has 1 aromatic carbocycles. The molecular weight excluding hydrogens is 468 g/mol. The second-order valence-electron chi connectivity index (χ2n) is 8.57. The summed E-state index contributed by atoms with van der Waals surface area (Å²) in [6, 6.07) is 8.37. The van der Waals surface area contributed by atoms with Crippen LogP contribution in [0.15, 0.2) is 30.3 Å². The molecule has 1 atom stereocenters. The molecule has 0 spiro atoms. The maximum Gasteiger partial charge on any atom is 0.388 e. The Bertz CT molecular complexity index is 1080. The zero-order valence-electron chi connectivity index (χ0n) is 18.8. The number of aromatic nitrogens is 1. The molecule has 2 fully saturated rings. The van der Waals surface area contributed by atoms with Gasteiger partial charge in [-0.05, 0) is 50.5 Å². The number of alkyl halides is 2. The topological polar surface area (TPSA) is 99.6 Å². The minimum Gasteiger partial charge on any atom is -0.415 e. The Morgan fingerprint density at radius 1 is 1.29 bits per heavy atom. The number of pyridine rings is 1. The van der Waals surface area contributed by atoms with Crippen LogP contribution >= 0.6 is 11.6 Å². The number of halogens is 3. The molecule has 0 saturated carbocycles. The third kappa shape index (κ3) is 4.92. The summed E-state index contributed by atoms with van der Waals surface area (Å²) in [6.07, 6.45) is 1.46. The highest BCUT2D eigenvalue weighted by molar-refractivity contribution is 6.34. The fourth-order valence-corrected chi connectivity index (χ4v) is 4.75. The first kappa shape index (κ1) is 24.2. The highest BCUT2D eigenvalue weighted by Crippen LogP contribution is 2.40. The van der Waals surface area contributed by atoms with Crippen molar-refractivity contribution in [1.82, 2.24) is 15.2 Å². The molecule has 3 heterocycles. The van der Waals surface area contributed by atoms with E-state index in [-0.39, 0.29) is 35.9 Å². The molecule has 1 amide bonds. The van der Waals surface area contributed by atoms with E-state index in [0.29, 0.717) is 48.0 Å². The van der Waals surface area contributed by atoms with Gasteiger partial charge in [0.1, 0.15) is 5.69 Å². The maximum absolute atomic E-state index is 13.1. The Kier molecular flexibility index (Phi) is 6.90. The first-order valence-electron chi connectivity index (χ1n) is 10.9. The number of nitrogens with zero attached hydrogens (tertiary/aromatic N) is 2. The number of guanidine groups is 1. The summed E-state index contributed by atoms with van der Waals surface area (Å²) in [5.74, 6) is -0.388. The highest BCUT2D eigenvalue weighted by atomic mass is 35.5. The maximum atomic E-state index is 13.1. The minimum atomic E-state index is -3.03. The first-order chi connectivity index (χ1) is 16.2. The number of carbonyl (C=O) groups excluding carboxylic acids is 1. The number of anilines is 2. The Morgan fingerprint density at radius 2 is 2.03 bits per heavy atom. The van der Waals surface area contributed by atoms with Gasteiger partial charge in [-0.3, -0.25) is 15.1 Å². The summed E-state index contributed by atoms with van der Waals surface area (Å²) in [6.45, 7) is 1.57. The fourth-order valence-electron chi connectivity index (χ4n) is 4.37. The van der Waals surface area contributed by atoms with Gasteiger partial charge in [-0.1, -0.05) is 23.7 Å². The second kappa shape index (κ2) is 9.71. The van der Waals surface area contributed by atoms with Gasteiger partial charge in [-0.2, -0.15) is 8.78 Å². The van der Waals surface area contributed by atoms with Crippen LogP contribution in [0.3, 0.4) is 0 Å². The molecule has 4 rings (SSSR count). The van der Waals surface area contributed by atoms with Gasteiger partial charge in [0.15, 0.2) is 5.96 Å². The quantitative estimate of drug-likeness (QED) is 0.546. The number of carbonyl (C=O) groups is 1. The Balaban J connectivity index is 1.60. The van der Waals surface area contributed by atoms with Crippen LogP contribution in [0.1, 0.15) is 37.4 Å². The molecule has 2 aliphatic heterocycles. The number of hydrogen-bond acceptors (Lipinski definition) is 6. The zero-order valence-corrected chi connectivity index (χ0v) is 19.6. The number of ether oxygens (including phenoxy) is 2. The molecule has 2 aromatic rings. The number of hydrogen-bond donors (Lipinski definition) is 3. The van der Waals surface area contributed by atoms with Gasteiger partial charge in [0.05, 0.1) is 22.7 Å². The molecule has 8 nitrogen and oxygen atoms in total. The van der Waals surface area contributed by atoms with E-state index < -0.39 is 12.2 Å². The molecule has 0 bridgehead atoms. The van der Waals surface area contributed by atoms with Gasteiger partial charge in [0.25, 0.3) is 0 Å². The Labute approximate surface area is 201 Å². The van der Waals surface area contributed by atoms with Gasteiger partial charge >= 0.3 is 6.61 Å². The molecule has 182 valence electrons. The summed E-state index contributed by atoms with van der Waals surface area (Å²) >= 11 is 6.73. The van der Waals surface area contributed by atoms with E-state index >= 15 is 0 Å². The van der Waals surface area contributed by atoms with Crippen LogP contribution < -0.4 is 15.4 Å². The molecule has 34 heavy (non-hydrogen) atoms. The summed E-state index contributed by atoms with van der Waals surface area (Å²) < 4.78 is 35.6. The average Bonchev–Trinajstić information content (AvgIpc) is 2.76. The van der Waals surface area contributed by atoms with Crippen molar-refractivity contribution in [2.75, 3.05) is 18.5 Å². The molecular formula is C23H26ClF2N5O3. The second-order valence-corrected chi connectivity index (χ2v) is 8.94. The number of aryl methyl sites for hydroxylation is 1. The van der Waals surface area contributed by atoms with E-state index in [1.165, 1.54) is 4.90 Å². The van der Waals surface area contributed by atoms with E-state index in [2.05, 4.69) is 20.4 Å². The summed E-state index contributed by atoms with van der Waals surface area (Å²) in [5, 5.41) is 15.0. The van der Waals surface area contributed by atoms with Gasteiger partial charge in [-0.25, -0.2) is 4.98 Å². The number of rotatable bonds is 6. The van der Waals surface area contributed by atoms with E-state index in [0.717, 1.165) is 0 Å². The number of amides is 1. The predicted molar refractivity (Wildman–Crippen MR) is 124 cm³/mol. The van der Waals surface area contributed by atoms with Crippen LogP contribution in [0, 0.1) is 12.3 Å². The van der Waals surface area contributed by atoms with Crippen LogP contribution in [0.5, 0.6) is 5.88 Å². The van der Waals surface area contributed by atoms with Crippen LogP contribution in [-0.4, -0.2) is 47.6 Å². The van der Waals surface area contributed by atoms with Crippen LogP contribution in [0.25, 0.3) is 0 Å². The first-order valence-corrected chi connectivity index (χ1v) is 11.3. The van der Waals surface area contributed by atoms with Crippen LogP contribution in [0.4, 0.5) is 20.2 Å². The highest BCUT2D eigenvalue weighted by Gasteiger charge is 2.43. The molecule has 1 aromatic heterocycles. The number of nitrogens with one attached hydrogen (secondary N) is 3. The van der Waals surface area contributed by atoms with Crippen molar-refractivity contribution in [1.29, 1.82) is 5.41 Å². The van der Waals surface area contributed by atoms with E-state index in [1.807, 2.05) is 6.92 Å². The van der Waals surface area contributed by atoms with E-state index in [4.69, 9.17) is 21.7 Å². The van der Waals surface area contributed by atoms with Crippen LogP contribution in [0.2, 0.25) is 5.02 Å². The van der Waals surface area contributed by atoms with E-state index in [1.54, 1.807) is 37.3 Å². The molecule has 2 aliphatic rings. The third-order valence-electron chi connectivity index (χ3n) is 6.03. The van der Waals surface area contributed by atoms with Crippen LogP contribution in [-0.2, 0) is 15.1 Å². The molecule has 0 unspecified atom stereocenters. The summed E-state index contributed by atoms with van der Waals surface area (Å²) in [7, 11) is 0. The lowest BCUT2D eigenvalue weighted by Crippen LogP contribution is -2.62. The van der Waals surface area contributed by atoms with Crippen molar-refractivity contribution >= 4 is 34.8 Å². The van der Waals surface area contributed by atoms with Crippen molar-refractivity contribution in [2.45, 2.75) is 51.3 Å². The number of benzene rings is 1. The van der Waals surface area contributed by atoms with Crippen molar-refractivity contribution in [3.63, 3.8) is 0 Å². The van der Waals surface area contributed by atoms with Crippen molar-refractivity contribution in [3.8, 4) is 5.88 Å². The standard InChI is InChI=1S/C23H26ClF2N5O3/c1-13-6-7-17(20(28-13)34-21(25)26)29-16-5-3-4-15(19(16)24)23(2)12-18(32)31(22(27)30-23)14-8-10-33-11-9-14/h3-7,14,21,29H,8-12H2,1-2H3,(H2,27,30)/t23-/m0/s1. The lowest BCUT2D eigenvalue weighted by molar-refractivity contribution is -0.133. The lowest BCUT2D eigenvalue weighted by atomic mass is 9.85. The summed E-state index contributed by atoms with van der Waals surface area (Å²) in [5.41, 5.74) is 0.837. The normalized spacial score (nSPS) is 21.5. The zero-order chi connectivity index (χ0) is 24.5. The van der Waals surface area contributed by atoms with Gasteiger partial charge in [0.2, 0.25) is 11.8 Å². The fraction of sp³-hybridized carbons (Fsp3) is 0.435. The van der Waals surface area contributed by atoms with Gasteiger partial charge in [0, 0.05) is 24.9 Å². The Hall–Kier alpha value is -2.98. The minimum absolute atomic E-state index is 0.0235. The lowest BCUT2D eigenvalue weighted by Gasteiger charge is -2.45. The third-order valence-corrected chi connectivity index (χ3v) is 6.43. The Morgan fingerprint density at radius 3 is 2.71 bits per heavy atom. The van der Waals surface area contributed by atoms with Crippen molar-refractivity contribution < 1.29 is 23.0 Å². The van der Waals surface area contributed by atoms with Crippen molar-refractivity contribution in [3.05, 3.63) is 46.6 Å². The molecule has 0 aliphatic carbocycles.